The van der Waals surface area contributed by atoms with Crippen molar-refractivity contribution in [3.8, 4) is 0 Å². The summed E-state index contributed by atoms with van der Waals surface area (Å²) in [6, 6.07) is 10.4. The Morgan fingerprint density at radius 1 is 1.17 bits per heavy atom. The number of amides is 1. The van der Waals surface area contributed by atoms with E-state index >= 15 is 0 Å². The summed E-state index contributed by atoms with van der Waals surface area (Å²) in [5.74, 6) is 0.406. The van der Waals surface area contributed by atoms with E-state index in [0.717, 1.165) is 6.42 Å². The minimum atomic E-state index is -1.77. The van der Waals surface area contributed by atoms with Gasteiger partial charge in [-0.25, -0.2) is 0 Å². The molecular weight excluding hydrogens is 302 g/mol. The average molecular weight is 334 g/mol. The van der Waals surface area contributed by atoms with Crippen molar-refractivity contribution in [1.29, 1.82) is 0 Å². The fraction of sp³-hybridized carbons (Fsp3) is 0.632. The van der Waals surface area contributed by atoms with Gasteiger partial charge in [-0.3, -0.25) is 4.79 Å². The third kappa shape index (κ3) is 3.86. The summed E-state index contributed by atoms with van der Waals surface area (Å²) in [5.41, 5.74) is 1.19. The van der Waals surface area contributed by atoms with Crippen LogP contribution in [-0.4, -0.2) is 31.8 Å². The minimum absolute atomic E-state index is 0.128. The van der Waals surface area contributed by atoms with Crippen LogP contribution in [0.2, 0.25) is 18.1 Å². The van der Waals surface area contributed by atoms with Gasteiger partial charge in [-0.2, -0.15) is 0 Å². The lowest BCUT2D eigenvalue weighted by Crippen LogP contribution is -2.63. The molecule has 1 aliphatic heterocycles. The molecule has 0 saturated carbocycles. The van der Waals surface area contributed by atoms with E-state index in [1.54, 1.807) is 0 Å². The average Bonchev–Trinajstić information content (AvgIpc) is 2.48. The van der Waals surface area contributed by atoms with E-state index in [-0.39, 0.29) is 22.9 Å². The van der Waals surface area contributed by atoms with Crippen molar-refractivity contribution in [2.75, 3.05) is 6.61 Å². The van der Waals surface area contributed by atoms with Crippen LogP contribution in [0, 0.1) is 5.92 Å². The van der Waals surface area contributed by atoms with Gasteiger partial charge in [0.1, 0.15) is 0 Å². The molecule has 1 heterocycles. The highest BCUT2D eigenvalue weighted by molar-refractivity contribution is 6.74. The number of hydrogen-bond acceptors (Lipinski definition) is 2. The number of rotatable bonds is 6. The van der Waals surface area contributed by atoms with Gasteiger partial charge in [-0.05, 0) is 30.1 Å². The molecule has 1 aromatic carbocycles. The van der Waals surface area contributed by atoms with E-state index in [0.29, 0.717) is 13.2 Å². The predicted molar refractivity (Wildman–Crippen MR) is 97.7 cm³/mol. The summed E-state index contributed by atoms with van der Waals surface area (Å²) in [4.78, 5) is 14.4. The fourth-order valence-corrected chi connectivity index (χ4v) is 3.83. The third-order valence-electron chi connectivity index (χ3n) is 5.52. The van der Waals surface area contributed by atoms with Crippen molar-refractivity contribution in [2.45, 2.75) is 64.8 Å². The standard InChI is InChI=1S/C19H31NO2Si/c1-7-16-17(14-22-23(5,6)19(2,3)4)20(18(16)21)13-15-11-9-8-10-12-15/h8-12,16-17H,7,13-14H2,1-6H3/t16-,17-/m1/s1. The van der Waals surface area contributed by atoms with Crippen molar-refractivity contribution >= 4 is 14.2 Å². The first kappa shape index (κ1) is 18.2. The van der Waals surface area contributed by atoms with Crippen LogP contribution in [0.3, 0.4) is 0 Å². The van der Waals surface area contributed by atoms with E-state index in [4.69, 9.17) is 4.43 Å². The quantitative estimate of drug-likeness (QED) is 0.569. The minimum Gasteiger partial charge on any atom is -0.415 e. The van der Waals surface area contributed by atoms with Crippen LogP contribution in [0.25, 0.3) is 0 Å². The molecule has 0 N–H and O–H groups in total. The first-order valence-electron chi connectivity index (χ1n) is 8.65. The molecule has 4 heteroatoms. The molecule has 0 bridgehead atoms. The van der Waals surface area contributed by atoms with E-state index in [1.165, 1.54) is 5.56 Å². The first-order valence-corrected chi connectivity index (χ1v) is 11.6. The summed E-state index contributed by atoms with van der Waals surface area (Å²) in [6.45, 7) is 14.8. The Morgan fingerprint density at radius 2 is 1.78 bits per heavy atom. The van der Waals surface area contributed by atoms with Crippen molar-refractivity contribution in [3.63, 3.8) is 0 Å². The van der Waals surface area contributed by atoms with Crippen LogP contribution < -0.4 is 0 Å². The van der Waals surface area contributed by atoms with Crippen LogP contribution >= 0.6 is 0 Å². The molecule has 1 saturated heterocycles. The molecule has 0 aliphatic carbocycles. The summed E-state index contributed by atoms with van der Waals surface area (Å²) >= 11 is 0. The summed E-state index contributed by atoms with van der Waals surface area (Å²) in [7, 11) is -1.77. The first-order chi connectivity index (χ1) is 10.7. The topological polar surface area (TPSA) is 29.5 Å². The van der Waals surface area contributed by atoms with Crippen molar-refractivity contribution in [3.05, 3.63) is 35.9 Å². The van der Waals surface area contributed by atoms with Gasteiger partial charge in [0.15, 0.2) is 8.32 Å². The van der Waals surface area contributed by atoms with Gasteiger partial charge in [0, 0.05) is 6.54 Å². The lowest BCUT2D eigenvalue weighted by molar-refractivity contribution is -0.160. The van der Waals surface area contributed by atoms with Gasteiger partial charge in [-0.15, -0.1) is 0 Å². The van der Waals surface area contributed by atoms with Crippen LogP contribution in [0.4, 0.5) is 0 Å². The van der Waals surface area contributed by atoms with E-state index < -0.39 is 8.32 Å². The van der Waals surface area contributed by atoms with Gasteiger partial charge in [0.05, 0.1) is 18.6 Å². The van der Waals surface area contributed by atoms with Gasteiger partial charge < -0.3 is 9.33 Å². The zero-order valence-electron chi connectivity index (χ0n) is 15.4. The monoisotopic (exact) mass is 333 g/mol. The Kier molecular flexibility index (Phi) is 5.36. The van der Waals surface area contributed by atoms with Gasteiger partial charge in [-0.1, -0.05) is 58.0 Å². The molecule has 1 fully saturated rings. The summed E-state index contributed by atoms with van der Waals surface area (Å²) in [5, 5.41) is 0.201. The molecule has 1 amide bonds. The zero-order chi connectivity index (χ0) is 17.3. The number of likely N-dealkylation sites (tertiary alicyclic amines) is 1. The molecule has 0 aromatic heterocycles. The molecule has 0 spiro atoms. The summed E-state index contributed by atoms with van der Waals surface area (Å²) < 4.78 is 6.39. The highest BCUT2D eigenvalue weighted by Crippen LogP contribution is 2.38. The molecule has 2 atom stereocenters. The maximum Gasteiger partial charge on any atom is 0.228 e. The smallest absolute Gasteiger partial charge is 0.228 e. The van der Waals surface area contributed by atoms with Crippen molar-refractivity contribution < 1.29 is 9.22 Å². The molecule has 1 aromatic rings. The Labute approximate surface area is 142 Å². The maximum absolute atomic E-state index is 12.4. The maximum atomic E-state index is 12.4. The lowest BCUT2D eigenvalue weighted by Gasteiger charge is -2.49. The number of hydrogen-bond donors (Lipinski definition) is 0. The fourth-order valence-electron chi connectivity index (χ4n) is 2.81. The van der Waals surface area contributed by atoms with Gasteiger partial charge >= 0.3 is 0 Å². The number of benzene rings is 1. The Balaban J connectivity index is 2.03. The molecule has 128 valence electrons. The lowest BCUT2D eigenvalue weighted by atomic mass is 9.85. The van der Waals surface area contributed by atoms with Crippen LogP contribution in [-0.2, 0) is 15.8 Å². The second-order valence-corrected chi connectivity index (χ2v) is 12.9. The summed E-state index contributed by atoms with van der Waals surface area (Å²) in [6.07, 6.45) is 0.898. The molecular formula is C19H31NO2Si. The van der Waals surface area contributed by atoms with E-state index in [1.807, 2.05) is 23.1 Å². The molecule has 0 radical (unpaired) electrons. The molecule has 2 rings (SSSR count). The largest absolute Gasteiger partial charge is 0.415 e. The normalized spacial score (nSPS) is 22.2. The Hall–Kier alpha value is -1.13. The van der Waals surface area contributed by atoms with Crippen LogP contribution in [0.1, 0.15) is 39.7 Å². The highest BCUT2D eigenvalue weighted by Gasteiger charge is 2.47. The van der Waals surface area contributed by atoms with Crippen LogP contribution in [0.15, 0.2) is 30.3 Å². The second kappa shape index (κ2) is 6.77. The molecule has 3 nitrogen and oxygen atoms in total. The zero-order valence-corrected chi connectivity index (χ0v) is 16.4. The number of β-lactam (4-membered cyclic amide) rings is 1. The van der Waals surface area contributed by atoms with Crippen LogP contribution in [0.5, 0.6) is 0 Å². The number of carbonyl (C=O) groups is 1. The predicted octanol–water partition coefficient (Wildman–Crippen LogP) is 4.45. The third-order valence-corrected chi connectivity index (χ3v) is 10.0. The molecule has 23 heavy (non-hydrogen) atoms. The second-order valence-electron chi connectivity index (χ2n) is 8.11. The van der Waals surface area contributed by atoms with Crippen molar-refractivity contribution in [1.82, 2.24) is 4.90 Å². The molecule has 1 aliphatic rings. The van der Waals surface area contributed by atoms with E-state index in [9.17, 15) is 4.79 Å². The SMILES string of the molecule is CC[C@H]1C(=O)N(Cc2ccccc2)[C@@H]1CO[Si](C)(C)C(C)(C)C. The van der Waals surface area contributed by atoms with Gasteiger partial charge in [0.2, 0.25) is 5.91 Å². The number of carbonyl (C=O) groups excluding carboxylic acids is 1. The highest BCUT2D eigenvalue weighted by atomic mass is 28.4. The Morgan fingerprint density at radius 3 is 2.30 bits per heavy atom. The Bertz CT molecular complexity index is 536. The van der Waals surface area contributed by atoms with E-state index in [2.05, 4.69) is 52.9 Å². The van der Waals surface area contributed by atoms with Gasteiger partial charge in [0.25, 0.3) is 0 Å². The van der Waals surface area contributed by atoms with Crippen molar-refractivity contribution in [2.24, 2.45) is 5.92 Å². The number of nitrogens with zero attached hydrogens (tertiary/aromatic N) is 1. The molecule has 0 unspecified atom stereocenters.